The zero-order valence-corrected chi connectivity index (χ0v) is 12.8. The Morgan fingerprint density at radius 2 is 2.05 bits per heavy atom. The lowest BCUT2D eigenvalue weighted by Gasteiger charge is -2.16. The molecule has 1 heterocycles. The van der Waals surface area contributed by atoms with Crippen LogP contribution >= 0.6 is 0 Å². The number of hydrogen-bond donors (Lipinski definition) is 1. The van der Waals surface area contributed by atoms with Gasteiger partial charge in [-0.3, -0.25) is 0 Å². The van der Waals surface area contributed by atoms with E-state index in [4.69, 9.17) is 4.74 Å². The van der Waals surface area contributed by atoms with Gasteiger partial charge in [0.15, 0.2) is 0 Å². The summed E-state index contributed by atoms with van der Waals surface area (Å²) >= 11 is 0. The summed E-state index contributed by atoms with van der Waals surface area (Å²) in [5, 5.41) is 3.21. The standard InChI is InChI=1S/C14H22N2O3S/c1-3-15-10-12-4-6-14(7-5-12)20(17,18)16-9-8-13(11-16)19-2/h4-7,13,15H,3,8-11H2,1-2H3. The maximum atomic E-state index is 12.5. The zero-order chi connectivity index (χ0) is 14.6. The normalized spacial score (nSPS) is 20.4. The van der Waals surface area contributed by atoms with E-state index in [1.807, 2.05) is 19.1 Å². The summed E-state index contributed by atoms with van der Waals surface area (Å²) in [6.45, 7) is 4.66. The van der Waals surface area contributed by atoms with E-state index in [9.17, 15) is 8.42 Å². The molecule has 1 unspecified atom stereocenters. The summed E-state index contributed by atoms with van der Waals surface area (Å²) < 4.78 is 31.7. The molecule has 0 bridgehead atoms. The van der Waals surface area contributed by atoms with E-state index in [1.54, 1.807) is 19.2 Å². The highest BCUT2D eigenvalue weighted by molar-refractivity contribution is 7.89. The molecule has 20 heavy (non-hydrogen) atoms. The van der Waals surface area contributed by atoms with Crippen LogP contribution in [0.5, 0.6) is 0 Å². The molecule has 1 aliphatic heterocycles. The molecule has 0 amide bonds. The molecular weight excluding hydrogens is 276 g/mol. The van der Waals surface area contributed by atoms with Gasteiger partial charge in [-0.15, -0.1) is 0 Å². The number of ether oxygens (including phenoxy) is 1. The fraction of sp³-hybridized carbons (Fsp3) is 0.571. The molecule has 0 spiro atoms. The van der Waals surface area contributed by atoms with Gasteiger partial charge in [0.1, 0.15) is 0 Å². The van der Waals surface area contributed by atoms with Crippen molar-refractivity contribution in [3.63, 3.8) is 0 Å². The summed E-state index contributed by atoms with van der Waals surface area (Å²) in [5.74, 6) is 0. The number of hydrogen-bond acceptors (Lipinski definition) is 4. The number of nitrogens with one attached hydrogen (secondary N) is 1. The van der Waals surface area contributed by atoms with Crippen molar-refractivity contribution in [2.24, 2.45) is 0 Å². The van der Waals surface area contributed by atoms with Crippen LogP contribution in [0.15, 0.2) is 29.2 Å². The maximum Gasteiger partial charge on any atom is 0.243 e. The van der Waals surface area contributed by atoms with E-state index in [0.29, 0.717) is 18.0 Å². The smallest absolute Gasteiger partial charge is 0.243 e. The largest absolute Gasteiger partial charge is 0.380 e. The Morgan fingerprint density at radius 3 is 2.60 bits per heavy atom. The number of methoxy groups -OCH3 is 1. The van der Waals surface area contributed by atoms with Gasteiger partial charge in [0.2, 0.25) is 10.0 Å². The molecule has 0 saturated carbocycles. The summed E-state index contributed by atoms with van der Waals surface area (Å²) in [4.78, 5) is 0.356. The van der Waals surface area contributed by atoms with Crippen LogP contribution in [0.25, 0.3) is 0 Å². The Balaban J connectivity index is 2.10. The molecule has 0 aliphatic carbocycles. The van der Waals surface area contributed by atoms with E-state index < -0.39 is 10.0 Å². The SMILES string of the molecule is CCNCc1ccc(S(=O)(=O)N2CCC(OC)C2)cc1. The van der Waals surface area contributed by atoms with Gasteiger partial charge in [0.05, 0.1) is 11.0 Å². The van der Waals surface area contributed by atoms with Crippen molar-refractivity contribution >= 4 is 10.0 Å². The molecule has 1 N–H and O–H groups in total. The number of nitrogens with zero attached hydrogens (tertiary/aromatic N) is 1. The molecule has 1 aromatic carbocycles. The highest BCUT2D eigenvalue weighted by Crippen LogP contribution is 2.22. The Labute approximate surface area is 121 Å². The average molecular weight is 298 g/mol. The minimum Gasteiger partial charge on any atom is -0.380 e. The molecule has 5 nitrogen and oxygen atoms in total. The van der Waals surface area contributed by atoms with Crippen LogP contribution in [-0.2, 0) is 21.3 Å². The van der Waals surface area contributed by atoms with E-state index >= 15 is 0 Å². The third-order valence-corrected chi connectivity index (χ3v) is 5.46. The van der Waals surface area contributed by atoms with Gasteiger partial charge in [0, 0.05) is 26.7 Å². The molecule has 1 aliphatic rings. The fourth-order valence-electron chi connectivity index (χ4n) is 2.31. The molecule has 2 rings (SSSR count). The van der Waals surface area contributed by atoms with Crippen LogP contribution in [0.3, 0.4) is 0 Å². The molecule has 1 atom stereocenters. The minimum atomic E-state index is -3.39. The predicted octanol–water partition coefficient (Wildman–Crippen LogP) is 1.21. The summed E-state index contributed by atoms with van der Waals surface area (Å²) in [6.07, 6.45) is 0.770. The first-order valence-corrected chi connectivity index (χ1v) is 8.34. The van der Waals surface area contributed by atoms with E-state index in [-0.39, 0.29) is 6.10 Å². The van der Waals surface area contributed by atoms with Crippen molar-refractivity contribution < 1.29 is 13.2 Å². The summed E-state index contributed by atoms with van der Waals surface area (Å²) in [5.41, 5.74) is 1.09. The quantitative estimate of drug-likeness (QED) is 0.857. The van der Waals surface area contributed by atoms with Gasteiger partial charge in [0.25, 0.3) is 0 Å². The first-order chi connectivity index (χ1) is 9.57. The first-order valence-electron chi connectivity index (χ1n) is 6.90. The van der Waals surface area contributed by atoms with Crippen molar-refractivity contribution in [1.82, 2.24) is 9.62 Å². The average Bonchev–Trinajstić information content (AvgIpc) is 2.95. The van der Waals surface area contributed by atoms with Crippen LogP contribution < -0.4 is 5.32 Å². The van der Waals surface area contributed by atoms with Crippen molar-refractivity contribution in [2.75, 3.05) is 26.7 Å². The number of rotatable bonds is 6. The molecule has 0 radical (unpaired) electrons. The minimum absolute atomic E-state index is 0.0119. The van der Waals surface area contributed by atoms with Gasteiger partial charge >= 0.3 is 0 Å². The highest BCUT2D eigenvalue weighted by atomic mass is 32.2. The molecular formula is C14H22N2O3S. The molecule has 0 aromatic heterocycles. The first kappa shape index (κ1) is 15.4. The predicted molar refractivity (Wildman–Crippen MR) is 78.0 cm³/mol. The number of sulfonamides is 1. The number of benzene rings is 1. The lowest BCUT2D eigenvalue weighted by atomic mass is 10.2. The van der Waals surface area contributed by atoms with Crippen molar-refractivity contribution in [2.45, 2.75) is 30.9 Å². The second-order valence-electron chi connectivity index (χ2n) is 4.93. The Kier molecular flexibility index (Phi) is 5.15. The highest BCUT2D eigenvalue weighted by Gasteiger charge is 2.32. The van der Waals surface area contributed by atoms with Crippen LogP contribution in [0.4, 0.5) is 0 Å². The van der Waals surface area contributed by atoms with Crippen LogP contribution in [0.1, 0.15) is 18.9 Å². The van der Waals surface area contributed by atoms with E-state index in [2.05, 4.69) is 5.32 Å². The van der Waals surface area contributed by atoms with Gasteiger partial charge < -0.3 is 10.1 Å². The molecule has 1 aromatic rings. The van der Waals surface area contributed by atoms with Gasteiger partial charge in [-0.1, -0.05) is 19.1 Å². The molecule has 1 saturated heterocycles. The van der Waals surface area contributed by atoms with Crippen LogP contribution in [0.2, 0.25) is 0 Å². The third-order valence-electron chi connectivity index (χ3n) is 3.58. The van der Waals surface area contributed by atoms with E-state index in [0.717, 1.165) is 25.1 Å². The zero-order valence-electron chi connectivity index (χ0n) is 12.0. The van der Waals surface area contributed by atoms with Gasteiger partial charge in [-0.25, -0.2) is 8.42 Å². The Morgan fingerprint density at radius 1 is 1.35 bits per heavy atom. The molecule has 112 valence electrons. The second kappa shape index (κ2) is 6.67. The van der Waals surface area contributed by atoms with Gasteiger partial charge in [-0.2, -0.15) is 4.31 Å². The van der Waals surface area contributed by atoms with Crippen molar-refractivity contribution in [1.29, 1.82) is 0 Å². The van der Waals surface area contributed by atoms with Gasteiger partial charge in [-0.05, 0) is 30.7 Å². The Hall–Kier alpha value is -0.950. The van der Waals surface area contributed by atoms with E-state index in [1.165, 1.54) is 4.31 Å². The lowest BCUT2D eigenvalue weighted by molar-refractivity contribution is 0.115. The second-order valence-corrected chi connectivity index (χ2v) is 6.87. The van der Waals surface area contributed by atoms with Crippen molar-refractivity contribution in [3.05, 3.63) is 29.8 Å². The third kappa shape index (κ3) is 3.38. The van der Waals surface area contributed by atoms with Crippen molar-refractivity contribution in [3.8, 4) is 0 Å². The van der Waals surface area contributed by atoms with Crippen LogP contribution in [0, 0.1) is 0 Å². The summed E-state index contributed by atoms with van der Waals surface area (Å²) in [6, 6.07) is 7.09. The Bertz CT molecular complexity index is 528. The lowest BCUT2D eigenvalue weighted by Crippen LogP contribution is -2.30. The molecule has 1 fully saturated rings. The maximum absolute atomic E-state index is 12.5. The van der Waals surface area contributed by atoms with Crippen LogP contribution in [-0.4, -0.2) is 45.6 Å². The fourth-order valence-corrected chi connectivity index (χ4v) is 3.79. The summed E-state index contributed by atoms with van der Waals surface area (Å²) in [7, 11) is -1.76. The molecule has 6 heteroatoms. The topological polar surface area (TPSA) is 58.6 Å². The monoisotopic (exact) mass is 298 g/mol.